The monoisotopic (exact) mass is 305 g/mol. The molecule has 1 atom stereocenters. The van der Waals surface area contributed by atoms with E-state index in [1.807, 2.05) is 19.4 Å². The van der Waals surface area contributed by atoms with Crippen LogP contribution in [-0.4, -0.2) is 76.0 Å². The number of aromatic nitrogens is 2. The summed E-state index contributed by atoms with van der Waals surface area (Å²) in [6.07, 6.45) is 7.04. The Morgan fingerprint density at radius 3 is 2.73 bits per heavy atom. The molecule has 0 aliphatic carbocycles. The van der Waals surface area contributed by atoms with Gasteiger partial charge in [0.2, 0.25) is 5.91 Å². The zero-order chi connectivity index (χ0) is 15.5. The summed E-state index contributed by atoms with van der Waals surface area (Å²) in [5.41, 5.74) is 0. The number of carbonyl (C=O) groups is 1. The molecule has 1 aromatic rings. The Bertz CT molecular complexity index is 514. The van der Waals surface area contributed by atoms with Crippen molar-refractivity contribution in [3.8, 4) is 0 Å². The van der Waals surface area contributed by atoms with E-state index in [0.717, 1.165) is 64.4 Å². The summed E-state index contributed by atoms with van der Waals surface area (Å²) >= 11 is 0. The second-order valence-electron chi connectivity index (χ2n) is 6.55. The predicted octanol–water partition coefficient (Wildman–Crippen LogP) is 0.549. The summed E-state index contributed by atoms with van der Waals surface area (Å²) in [6.45, 7) is 5.63. The fourth-order valence-electron chi connectivity index (χ4n) is 3.53. The lowest BCUT2D eigenvalue weighted by Crippen LogP contribution is -2.45. The molecule has 3 heterocycles. The van der Waals surface area contributed by atoms with Crippen LogP contribution < -0.4 is 0 Å². The highest BCUT2D eigenvalue weighted by molar-refractivity contribution is 5.82. The maximum absolute atomic E-state index is 12.7. The largest absolute Gasteiger partial charge is 0.340 e. The lowest BCUT2D eigenvalue weighted by atomic mass is 10.2. The van der Waals surface area contributed by atoms with Crippen molar-refractivity contribution in [1.82, 2.24) is 24.3 Å². The van der Waals surface area contributed by atoms with Crippen molar-refractivity contribution in [2.75, 3.05) is 39.8 Å². The Morgan fingerprint density at radius 1 is 1.18 bits per heavy atom. The second kappa shape index (κ2) is 6.79. The van der Waals surface area contributed by atoms with Gasteiger partial charge in [0.1, 0.15) is 5.82 Å². The van der Waals surface area contributed by atoms with Gasteiger partial charge < -0.3 is 9.47 Å². The minimum Gasteiger partial charge on any atom is -0.340 e. The van der Waals surface area contributed by atoms with Crippen molar-refractivity contribution in [2.45, 2.75) is 31.8 Å². The third kappa shape index (κ3) is 3.33. The van der Waals surface area contributed by atoms with Gasteiger partial charge in [0, 0.05) is 45.6 Å². The summed E-state index contributed by atoms with van der Waals surface area (Å²) < 4.78 is 2.07. The highest BCUT2D eigenvalue weighted by atomic mass is 16.2. The van der Waals surface area contributed by atoms with E-state index in [4.69, 9.17) is 0 Å². The van der Waals surface area contributed by atoms with Crippen molar-refractivity contribution < 1.29 is 4.79 Å². The van der Waals surface area contributed by atoms with Crippen LogP contribution in [0.15, 0.2) is 12.4 Å². The number of nitrogens with zero attached hydrogens (tertiary/aromatic N) is 5. The van der Waals surface area contributed by atoms with E-state index in [9.17, 15) is 4.79 Å². The van der Waals surface area contributed by atoms with Gasteiger partial charge in [-0.05, 0) is 32.9 Å². The first-order chi connectivity index (χ1) is 10.6. The highest BCUT2D eigenvalue weighted by Gasteiger charge is 2.32. The fraction of sp³-hybridized carbons (Fsp3) is 0.750. The van der Waals surface area contributed by atoms with Crippen molar-refractivity contribution in [1.29, 1.82) is 0 Å². The first kappa shape index (κ1) is 15.5. The van der Waals surface area contributed by atoms with E-state index >= 15 is 0 Å². The van der Waals surface area contributed by atoms with E-state index in [2.05, 4.69) is 31.3 Å². The third-order valence-electron chi connectivity index (χ3n) is 4.99. The minimum absolute atomic E-state index is 0.112. The zero-order valence-electron chi connectivity index (χ0n) is 13.7. The molecule has 6 nitrogen and oxygen atoms in total. The topological polar surface area (TPSA) is 44.6 Å². The number of hydrogen-bond acceptors (Lipinski definition) is 4. The van der Waals surface area contributed by atoms with Crippen molar-refractivity contribution in [2.24, 2.45) is 7.05 Å². The molecule has 6 heteroatoms. The fourth-order valence-corrected chi connectivity index (χ4v) is 3.53. The number of carbonyl (C=O) groups excluding carboxylic acids is 1. The van der Waals surface area contributed by atoms with Crippen LogP contribution in [0.1, 0.15) is 25.1 Å². The molecule has 2 saturated heterocycles. The van der Waals surface area contributed by atoms with E-state index in [1.54, 1.807) is 0 Å². The smallest absolute Gasteiger partial charge is 0.239 e. The van der Waals surface area contributed by atoms with Crippen molar-refractivity contribution in [3.63, 3.8) is 0 Å². The molecule has 0 spiro atoms. The van der Waals surface area contributed by atoms with Crippen molar-refractivity contribution >= 4 is 5.91 Å². The minimum atomic E-state index is 0.112. The normalized spacial score (nSPS) is 24.6. The molecule has 1 aromatic heterocycles. The van der Waals surface area contributed by atoms with Gasteiger partial charge in [0.15, 0.2) is 0 Å². The van der Waals surface area contributed by atoms with E-state index in [1.165, 1.54) is 0 Å². The lowest BCUT2D eigenvalue weighted by molar-refractivity contribution is -0.135. The molecule has 0 saturated carbocycles. The van der Waals surface area contributed by atoms with Gasteiger partial charge >= 0.3 is 0 Å². The SMILES string of the molecule is CN1CCC[C@H]1C(=O)N1CCCN(Cc2nccn2C)CC1. The van der Waals surface area contributed by atoms with Crippen LogP contribution in [0.4, 0.5) is 0 Å². The van der Waals surface area contributed by atoms with Crippen LogP contribution in [0.3, 0.4) is 0 Å². The van der Waals surface area contributed by atoms with Gasteiger partial charge in [-0.15, -0.1) is 0 Å². The molecule has 2 fully saturated rings. The van der Waals surface area contributed by atoms with Crippen LogP contribution in [0.25, 0.3) is 0 Å². The number of likely N-dealkylation sites (N-methyl/N-ethyl adjacent to an activating group) is 1. The number of aryl methyl sites for hydroxylation is 1. The average molecular weight is 305 g/mol. The van der Waals surface area contributed by atoms with Crippen LogP contribution in [-0.2, 0) is 18.4 Å². The second-order valence-corrected chi connectivity index (χ2v) is 6.55. The van der Waals surface area contributed by atoms with E-state index in [-0.39, 0.29) is 6.04 Å². The molecular weight excluding hydrogens is 278 g/mol. The van der Waals surface area contributed by atoms with Crippen LogP contribution in [0.5, 0.6) is 0 Å². The Morgan fingerprint density at radius 2 is 2.05 bits per heavy atom. The maximum Gasteiger partial charge on any atom is 0.239 e. The zero-order valence-corrected chi connectivity index (χ0v) is 13.7. The molecule has 1 amide bonds. The van der Waals surface area contributed by atoms with Gasteiger partial charge in [0.05, 0.1) is 12.6 Å². The molecule has 0 bridgehead atoms. The molecule has 0 unspecified atom stereocenters. The number of amides is 1. The third-order valence-corrected chi connectivity index (χ3v) is 4.99. The van der Waals surface area contributed by atoms with Gasteiger partial charge in [-0.2, -0.15) is 0 Å². The van der Waals surface area contributed by atoms with Gasteiger partial charge in [-0.3, -0.25) is 14.6 Å². The van der Waals surface area contributed by atoms with Gasteiger partial charge in [-0.1, -0.05) is 0 Å². The van der Waals surface area contributed by atoms with E-state index in [0.29, 0.717) is 5.91 Å². The standard InChI is InChI=1S/C16H27N5O/c1-18-7-3-5-14(18)16(22)21-9-4-8-20(11-12-21)13-15-17-6-10-19(15)2/h6,10,14H,3-5,7-9,11-13H2,1-2H3/t14-/m0/s1. The summed E-state index contributed by atoms with van der Waals surface area (Å²) in [6, 6.07) is 0.112. The molecule has 22 heavy (non-hydrogen) atoms. The molecule has 2 aliphatic heterocycles. The first-order valence-electron chi connectivity index (χ1n) is 8.33. The Balaban J connectivity index is 1.55. The number of imidazole rings is 1. The lowest BCUT2D eigenvalue weighted by Gasteiger charge is -2.27. The Kier molecular flexibility index (Phi) is 4.78. The Hall–Kier alpha value is -1.40. The highest BCUT2D eigenvalue weighted by Crippen LogP contribution is 2.18. The molecule has 2 aliphatic rings. The summed E-state index contributed by atoms with van der Waals surface area (Å²) in [5.74, 6) is 1.43. The Labute approximate surface area is 132 Å². The van der Waals surface area contributed by atoms with Gasteiger partial charge in [0.25, 0.3) is 0 Å². The average Bonchev–Trinajstić information content (AvgIpc) is 3.02. The predicted molar refractivity (Wildman–Crippen MR) is 85.3 cm³/mol. The van der Waals surface area contributed by atoms with E-state index < -0.39 is 0 Å². The van der Waals surface area contributed by atoms with Crippen LogP contribution in [0.2, 0.25) is 0 Å². The van der Waals surface area contributed by atoms with Crippen molar-refractivity contribution in [3.05, 3.63) is 18.2 Å². The number of hydrogen-bond donors (Lipinski definition) is 0. The maximum atomic E-state index is 12.7. The number of rotatable bonds is 3. The summed E-state index contributed by atoms with van der Waals surface area (Å²) in [7, 11) is 4.10. The van der Waals surface area contributed by atoms with Crippen LogP contribution in [0, 0.1) is 0 Å². The molecule has 0 radical (unpaired) electrons. The first-order valence-corrected chi connectivity index (χ1v) is 8.33. The quantitative estimate of drug-likeness (QED) is 0.818. The molecule has 0 aromatic carbocycles. The molecule has 122 valence electrons. The molecular formula is C16H27N5O. The molecule has 3 rings (SSSR count). The number of likely N-dealkylation sites (tertiary alicyclic amines) is 1. The van der Waals surface area contributed by atoms with Gasteiger partial charge in [-0.25, -0.2) is 4.98 Å². The van der Waals surface area contributed by atoms with Crippen LogP contribution >= 0.6 is 0 Å². The molecule has 0 N–H and O–H groups in total. The summed E-state index contributed by atoms with van der Waals surface area (Å²) in [4.78, 5) is 23.8. The summed E-state index contributed by atoms with van der Waals surface area (Å²) in [5, 5.41) is 0.